The van der Waals surface area contributed by atoms with Gasteiger partial charge in [0, 0.05) is 5.39 Å². The van der Waals surface area contributed by atoms with Crippen LogP contribution in [0, 0.1) is 0 Å². The lowest BCUT2D eigenvalue weighted by molar-refractivity contribution is 0.172. The number of rotatable bonds is 5. The maximum Gasteiger partial charge on any atom is 0.134 e. The molecule has 3 nitrogen and oxygen atoms in total. The summed E-state index contributed by atoms with van der Waals surface area (Å²) in [5.74, 6) is 1.50. The molecule has 3 heteroatoms. The SMILES string of the molecule is COc1ccc(CCc2ccc3oc(C(C)O)cc3c2)cc1. The van der Waals surface area contributed by atoms with Crippen LogP contribution in [0.15, 0.2) is 52.9 Å². The molecule has 0 saturated heterocycles. The molecule has 0 amide bonds. The van der Waals surface area contributed by atoms with Crippen molar-refractivity contribution in [1.29, 1.82) is 0 Å². The van der Waals surface area contributed by atoms with Crippen molar-refractivity contribution in [2.45, 2.75) is 25.9 Å². The van der Waals surface area contributed by atoms with Crippen molar-refractivity contribution in [2.24, 2.45) is 0 Å². The Morgan fingerprint density at radius 2 is 1.68 bits per heavy atom. The van der Waals surface area contributed by atoms with Crippen molar-refractivity contribution in [1.82, 2.24) is 0 Å². The highest BCUT2D eigenvalue weighted by atomic mass is 16.5. The summed E-state index contributed by atoms with van der Waals surface area (Å²) in [6.45, 7) is 1.71. The molecule has 3 aromatic rings. The zero-order chi connectivity index (χ0) is 15.5. The van der Waals surface area contributed by atoms with E-state index in [1.165, 1.54) is 11.1 Å². The fourth-order valence-corrected chi connectivity index (χ4v) is 2.56. The summed E-state index contributed by atoms with van der Waals surface area (Å²) in [5.41, 5.74) is 3.38. The summed E-state index contributed by atoms with van der Waals surface area (Å²) < 4.78 is 10.8. The Morgan fingerprint density at radius 1 is 1.00 bits per heavy atom. The molecule has 0 saturated carbocycles. The molecule has 1 N–H and O–H groups in total. The monoisotopic (exact) mass is 296 g/mol. The van der Waals surface area contributed by atoms with E-state index in [1.807, 2.05) is 24.3 Å². The number of aliphatic hydroxyl groups is 1. The van der Waals surface area contributed by atoms with Gasteiger partial charge in [-0.15, -0.1) is 0 Å². The summed E-state index contributed by atoms with van der Waals surface area (Å²) in [7, 11) is 1.68. The number of benzene rings is 2. The Kier molecular flexibility index (Phi) is 4.16. The van der Waals surface area contributed by atoms with Gasteiger partial charge in [0.05, 0.1) is 7.11 Å². The summed E-state index contributed by atoms with van der Waals surface area (Å²) in [5, 5.41) is 10.6. The molecule has 0 fully saturated rings. The minimum atomic E-state index is -0.574. The average Bonchev–Trinajstić information content (AvgIpc) is 2.97. The maximum absolute atomic E-state index is 9.58. The van der Waals surface area contributed by atoms with Crippen LogP contribution >= 0.6 is 0 Å². The van der Waals surface area contributed by atoms with Crippen LogP contribution in [0.5, 0.6) is 5.75 Å². The zero-order valence-corrected chi connectivity index (χ0v) is 12.9. The predicted molar refractivity (Wildman–Crippen MR) is 87.2 cm³/mol. The molecule has 1 heterocycles. The molecule has 3 rings (SSSR count). The normalized spacial score (nSPS) is 12.5. The van der Waals surface area contributed by atoms with Crippen molar-refractivity contribution in [3.8, 4) is 5.75 Å². The van der Waals surface area contributed by atoms with Gasteiger partial charge >= 0.3 is 0 Å². The second-order valence-electron chi connectivity index (χ2n) is 5.54. The Bertz CT molecular complexity index is 754. The van der Waals surface area contributed by atoms with E-state index in [-0.39, 0.29) is 0 Å². The third-order valence-electron chi connectivity index (χ3n) is 3.87. The molecule has 0 aliphatic rings. The first-order valence-corrected chi connectivity index (χ1v) is 7.49. The molecule has 1 aromatic heterocycles. The summed E-state index contributed by atoms with van der Waals surface area (Å²) >= 11 is 0. The number of methoxy groups -OCH3 is 1. The van der Waals surface area contributed by atoms with E-state index in [0.29, 0.717) is 5.76 Å². The zero-order valence-electron chi connectivity index (χ0n) is 12.9. The Hall–Kier alpha value is -2.26. The highest BCUT2D eigenvalue weighted by Crippen LogP contribution is 2.25. The average molecular weight is 296 g/mol. The molecule has 0 aliphatic heterocycles. The van der Waals surface area contributed by atoms with E-state index >= 15 is 0 Å². The van der Waals surface area contributed by atoms with E-state index in [2.05, 4.69) is 24.3 Å². The highest BCUT2D eigenvalue weighted by Gasteiger charge is 2.09. The van der Waals surface area contributed by atoms with Gasteiger partial charge in [0.25, 0.3) is 0 Å². The predicted octanol–water partition coefficient (Wildman–Crippen LogP) is 4.28. The van der Waals surface area contributed by atoms with Gasteiger partial charge in [-0.3, -0.25) is 0 Å². The van der Waals surface area contributed by atoms with E-state index in [4.69, 9.17) is 9.15 Å². The molecule has 0 radical (unpaired) electrons. The maximum atomic E-state index is 9.58. The third kappa shape index (κ3) is 3.15. The number of furan rings is 1. The van der Waals surface area contributed by atoms with Crippen molar-refractivity contribution in [3.63, 3.8) is 0 Å². The van der Waals surface area contributed by atoms with Crippen LogP contribution in [0.1, 0.15) is 29.9 Å². The number of fused-ring (bicyclic) bond motifs is 1. The number of aliphatic hydroxyl groups excluding tert-OH is 1. The number of ether oxygens (including phenoxy) is 1. The smallest absolute Gasteiger partial charge is 0.134 e. The van der Waals surface area contributed by atoms with Crippen molar-refractivity contribution >= 4 is 11.0 Å². The molecule has 114 valence electrons. The molecule has 0 bridgehead atoms. The van der Waals surface area contributed by atoms with E-state index in [9.17, 15) is 5.11 Å². The lowest BCUT2D eigenvalue weighted by Gasteiger charge is -2.04. The standard InChI is InChI=1S/C19H20O3/c1-13(20)19-12-16-11-15(7-10-18(16)22-19)4-3-14-5-8-17(21-2)9-6-14/h5-13,20H,3-4H2,1-2H3. The molecule has 2 aromatic carbocycles. The van der Waals surface area contributed by atoms with Crippen molar-refractivity contribution < 1.29 is 14.3 Å². The molecular weight excluding hydrogens is 276 g/mol. The third-order valence-corrected chi connectivity index (χ3v) is 3.87. The van der Waals surface area contributed by atoms with Crippen LogP contribution < -0.4 is 4.74 Å². The van der Waals surface area contributed by atoms with Gasteiger partial charge in [0.15, 0.2) is 0 Å². The van der Waals surface area contributed by atoms with Crippen LogP contribution in [-0.2, 0) is 12.8 Å². The Balaban J connectivity index is 1.72. The second kappa shape index (κ2) is 6.24. The highest BCUT2D eigenvalue weighted by molar-refractivity contribution is 5.78. The van der Waals surface area contributed by atoms with Gasteiger partial charge in [-0.05, 0) is 61.2 Å². The van der Waals surface area contributed by atoms with Crippen molar-refractivity contribution in [2.75, 3.05) is 7.11 Å². The van der Waals surface area contributed by atoms with Gasteiger partial charge in [-0.2, -0.15) is 0 Å². The first-order chi connectivity index (χ1) is 10.7. The minimum Gasteiger partial charge on any atom is -0.497 e. The fraction of sp³-hybridized carbons (Fsp3) is 0.263. The fourth-order valence-electron chi connectivity index (χ4n) is 2.56. The van der Waals surface area contributed by atoms with Crippen LogP contribution in [0.25, 0.3) is 11.0 Å². The minimum absolute atomic E-state index is 0.574. The first kappa shape index (κ1) is 14.7. The topological polar surface area (TPSA) is 42.6 Å². The van der Waals surface area contributed by atoms with E-state index in [0.717, 1.165) is 29.6 Å². The van der Waals surface area contributed by atoms with Crippen LogP contribution in [0.4, 0.5) is 0 Å². The van der Waals surface area contributed by atoms with Crippen molar-refractivity contribution in [3.05, 3.63) is 65.4 Å². The van der Waals surface area contributed by atoms with Gasteiger partial charge in [-0.1, -0.05) is 18.2 Å². The van der Waals surface area contributed by atoms with Gasteiger partial charge in [-0.25, -0.2) is 0 Å². The Morgan fingerprint density at radius 3 is 2.36 bits per heavy atom. The lowest BCUT2D eigenvalue weighted by Crippen LogP contribution is -1.91. The van der Waals surface area contributed by atoms with Gasteiger partial charge in [0.2, 0.25) is 0 Å². The van der Waals surface area contributed by atoms with Gasteiger partial charge < -0.3 is 14.3 Å². The molecule has 1 atom stereocenters. The summed E-state index contributed by atoms with van der Waals surface area (Å²) in [6.07, 6.45) is 1.38. The number of aryl methyl sites for hydroxylation is 2. The lowest BCUT2D eigenvalue weighted by atomic mass is 10.0. The summed E-state index contributed by atoms with van der Waals surface area (Å²) in [6, 6.07) is 16.3. The van der Waals surface area contributed by atoms with Crippen LogP contribution in [-0.4, -0.2) is 12.2 Å². The quantitative estimate of drug-likeness (QED) is 0.764. The van der Waals surface area contributed by atoms with E-state index < -0.39 is 6.10 Å². The van der Waals surface area contributed by atoms with Crippen LogP contribution in [0.3, 0.4) is 0 Å². The van der Waals surface area contributed by atoms with Gasteiger partial charge in [0.1, 0.15) is 23.2 Å². The number of hydrogen-bond donors (Lipinski definition) is 1. The Labute approximate surface area is 130 Å². The summed E-state index contributed by atoms with van der Waals surface area (Å²) in [4.78, 5) is 0. The molecule has 22 heavy (non-hydrogen) atoms. The molecule has 0 spiro atoms. The second-order valence-corrected chi connectivity index (χ2v) is 5.54. The molecular formula is C19H20O3. The molecule has 0 aliphatic carbocycles. The number of hydrogen-bond acceptors (Lipinski definition) is 3. The van der Waals surface area contributed by atoms with Crippen LogP contribution in [0.2, 0.25) is 0 Å². The largest absolute Gasteiger partial charge is 0.497 e. The molecule has 1 unspecified atom stereocenters. The first-order valence-electron chi connectivity index (χ1n) is 7.49. The van der Waals surface area contributed by atoms with E-state index in [1.54, 1.807) is 14.0 Å².